The van der Waals surface area contributed by atoms with Crippen LogP contribution in [-0.2, 0) is 17.8 Å². The normalized spacial score (nSPS) is 10.4. The highest BCUT2D eigenvalue weighted by atomic mass is 16.5. The van der Waals surface area contributed by atoms with Gasteiger partial charge >= 0.3 is 0 Å². The quantitative estimate of drug-likeness (QED) is 0.891. The highest BCUT2D eigenvalue weighted by Gasteiger charge is 2.10. The Hall–Kier alpha value is -2.17. The summed E-state index contributed by atoms with van der Waals surface area (Å²) < 4.78 is 5.07. The average molecular weight is 259 g/mol. The van der Waals surface area contributed by atoms with Crippen LogP contribution in [0.3, 0.4) is 0 Å². The van der Waals surface area contributed by atoms with E-state index >= 15 is 0 Å². The van der Waals surface area contributed by atoms with Crippen LogP contribution in [0.25, 0.3) is 0 Å². The van der Waals surface area contributed by atoms with Gasteiger partial charge in [0.2, 0.25) is 5.91 Å². The van der Waals surface area contributed by atoms with Gasteiger partial charge in [-0.1, -0.05) is 11.2 Å². The lowest BCUT2D eigenvalue weighted by Crippen LogP contribution is -2.23. The SMILES string of the molecule is Cc1noc(C)c1CCC(=O)NCc1ccccn1. The molecule has 0 spiro atoms. The molecule has 2 aromatic heterocycles. The van der Waals surface area contributed by atoms with E-state index in [-0.39, 0.29) is 5.91 Å². The number of carbonyl (C=O) groups is 1. The van der Waals surface area contributed by atoms with Crippen LogP contribution in [0.1, 0.15) is 29.1 Å². The molecule has 100 valence electrons. The minimum Gasteiger partial charge on any atom is -0.361 e. The highest BCUT2D eigenvalue weighted by Crippen LogP contribution is 2.14. The molecule has 0 saturated heterocycles. The van der Waals surface area contributed by atoms with Crippen LogP contribution in [0, 0.1) is 13.8 Å². The molecule has 0 saturated carbocycles. The fourth-order valence-electron chi connectivity index (χ4n) is 1.88. The van der Waals surface area contributed by atoms with Crippen LogP contribution in [0.2, 0.25) is 0 Å². The van der Waals surface area contributed by atoms with Gasteiger partial charge in [0.25, 0.3) is 0 Å². The molecule has 0 bridgehead atoms. The monoisotopic (exact) mass is 259 g/mol. The number of pyridine rings is 1. The van der Waals surface area contributed by atoms with Crippen LogP contribution in [0.4, 0.5) is 0 Å². The van der Waals surface area contributed by atoms with Crippen molar-refractivity contribution in [3.8, 4) is 0 Å². The van der Waals surface area contributed by atoms with Gasteiger partial charge in [-0.05, 0) is 32.4 Å². The topological polar surface area (TPSA) is 68.0 Å². The largest absolute Gasteiger partial charge is 0.361 e. The summed E-state index contributed by atoms with van der Waals surface area (Å²) in [6.45, 7) is 4.21. The lowest BCUT2D eigenvalue weighted by atomic mass is 10.1. The summed E-state index contributed by atoms with van der Waals surface area (Å²) in [6, 6.07) is 5.63. The van der Waals surface area contributed by atoms with Gasteiger partial charge in [0.05, 0.1) is 17.9 Å². The van der Waals surface area contributed by atoms with Crippen molar-refractivity contribution in [3.63, 3.8) is 0 Å². The van der Waals surface area contributed by atoms with Crippen molar-refractivity contribution in [2.75, 3.05) is 0 Å². The first kappa shape index (κ1) is 13.3. The molecule has 2 heterocycles. The van der Waals surface area contributed by atoms with Gasteiger partial charge in [-0.15, -0.1) is 0 Å². The fraction of sp³-hybridized carbons (Fsp3) is 0.357. The number of rotatable bonds is 5. The second kappa shape index (κ2) is 6.13. The molecule has 0 fully saturated rings. The first-order valence-corrected chi connectivity index (χ1v) is 6.25. The van der Waals surface area contributed by atoms with Gasteiger partial charge in [0.15, 0.2) is 0 Å². The van der Waals surface area contributed by atoms with E-state index in [0.29, 0.717) is 19.4 Å². The average Bonchev–Trinajstić information content (AvgIpc) is 2.75. The van der Waals surface area contributed by atoms with Gasteiger partial charge in [-0.3, -0.25) is 9.78 Å². The number of amides is 1. The number of aryl methyl sites for hydroxylation is 2. The zero-order valence-corrected chi connectivity index (χ0v) is 11.1. The summed E-state index contributed by atoms with van der Waals surface area (Å²) in [5.74, 6) is 0.792. The van der Waals surface area contributed by atoms with Crippen LogP contribution >= 0.6 is 0 Å². The van der Waals surface area contributed by atoms with Crippen LogP contribution in [0.5, 0.6) is 0 Å². The smallest absolute Gasteiger partial charge is 0.220 e. The minimum atomic E-state index is 0.00523. The van der Waals surface area contributed by atoms with Gasteiger partial charge in [0.1, 0.15) is 5.76 Å². The van der Waals surface area contributed by atoms with Crippen LogP contribution < -0.4 is 5.32 Å². The van der Waals surface area contributed by atoms with Crippen molar-refractivity contribution < 1.29 is 9.32 Å². The second-order valence-corrected chi connectivity index (χ2v) is 4.40. The van der Waals surface area contributed by atoms with Gasteiger partial charge < -0.3 is 9.84 Å². The van der Waals surface area contributed by atoms with E-state index < -0.39 is 0 Å². The standard InChI is InChI=1S/C14H17N3O2/c1-10-13(11(2)19-17-10)6-7-14(18)16-9-12-5-3-4-8-15-12/h3-5,8H,6-7,9H2,1-2H3,(H,16,18). The number of nitrogens with one attached hydrogen (secondary N) is 1. The van der Waals surface area contributed by atoms with Gasteiger partial charge in [0, 0.05) is 18.2 Å². The van der Waals surface area contributed by atoms with Crippen molar-refractivity contribution in [3.05, 3.63) is 47.1 Å². The van der Waals surface area contributed by atoms with E-state index in [4.69, 9.17) is 4.52 Å². The highest BCUT2D eigenvalue weighted by molar-refractivity contribution is 5.76. The molecule has 0 atom stereocenters. The Morgan fingerprint density at radius 1 is 1.37 bits per heavy atom. The summed E-state index contributed by atoms with van der Waals surface area (Å²) in [5, 5.41) is 6.72. The third kappa shape index (κ3) is 3.64. The van der Waals surface area contributed by atoms with Crippen molar-refractivity contribution in [1.29, 1.82) is 0 Å². The van der Waals surface area contributed by atoms with E-state index in [9.17, 15) is 4.79 Å². The molecule has 0 radical (unpaired) electrons. The zero-order valence-electron chi connectivity index (χ0n) is 11.1. The molecular formula is C14H17N3O2. The molecule has 5 heteroatoms. The molecular weight excluding hydrogens is 242 g/mol. The van der Waals surface area contributed by atoms with Crippen molar-refractivity contribution >= 4 is 5.91 Å². The van der Waals surface area contributed by atoms with Crippen LogP contribution in [-0.4, -0.2) is 16.0 Å². The summed E-state index contributed by atoms with van der Waals surface area (Å²) in [6.07, 6.45) is 2.79. The van der Waals surface area contributed by atoms with E-state index in [2.05, 4.69) is 15.5 Å². The Balaban J connectivity index is 1.79. The Bertz CT molecular complexity index is 530. The predicted molar refractivity (Wildman–Crippen MR) is 70.4 cm³/mol. The molecule has 19 heavy (non-hydrogen) atoms. The van der Waals surface area contributed by atoms with E-state index in [1.54, 1.807) is 6.20 Å². The second-order valence-electron chi connectivity index (χ2n) is 4.40. The maximum Gasteiger partial charge on any atom is 0.220 e. The molecule has 2 aromatic rings. The number of nitrogens with zero attached hydrogens (tertiary/aromatic N) is 2. The van der Waals surface area contributed by atoms with Crippen molar-refractivity contribution in [2.24, 2.45) is 0 Å². The first-order valence-electron chi connectivity index (χ1n) is 6.25. The summed E-state index contributed by atoms with van der Waals surface area (Å²) >= 11 is 0. The lowest BCUT2D eigenvalue weighted by Gasteiger charge is -2.04. The number of hydrogen-bond acceptors (Lipinski definition) is 4. The lowest BCUT2D eigenvalue weighted by molar-refractivity contribution is -0.121. The third-order valence-corrected chi connectivity index (χ3v) is 2.98. The summed E-state index contributed by atoms with van der Waals surface area (Å²) in [5.41, 5.74) is 2.73. The van der Waals surface area contributed by atoms with Gasteiger partial charge in [-0.2, -0.15) is 0 Å². The Morgan fingerprint density at radius 2 is 2.21 bits per heavy atom. The molecule has 2 rings (SSSR count). The third-order valence-electron chi connectivity index (χ3n) is 2.98. The Kier molecular flexibility index (Phi) is 4.28. The number of hydrogen-bond donors (Lipinski definition) is 1. The van der Waals surface area contributed by atoms with E-state index in [1.807, 2.05) is 32.0 Å². The van der Waals surface area contributed by atoms with Gasteiger partial charge in [-0.25, -0.2) is 0 Å². The zero-order chi connectivity index (χ0) is 13.7. The summed E-state index contributed by atoms with van der Waals surface area (Å²) in [7, 11) is 0. The number of carbonyl (C=O) groups excluding carboxylic acids is 1. The first-order chi connectivity index (χ1) is 9.16. The maximum absolute atomic E-state index is 11.7. The molecule has 0 aliphatic heterocycles. The van der Waals surface area contributed by atoms with Crippen molar-refractivity contribution in [2.45, 2.75) is 33.2 Å². The Labute approximate surface area is 112 Å². The van der Waals surface area contributed by atoms with Crippen molar-refractivity contribution in [1.82, 2.24) is 15.5 Å². The summed E-state index contributed by atoms with van der Waals surface area (Å²) in [4.78, 5) is 15.9. The minimum absolute atomic E-state index is 0.00523. The molecule has 1 amide bonds. The van der Waals surface area contributed by atoms with E-state index in [1.165, 1.54) is 0 Å². The van der Waals surface area contributed by atoms with Crippen LogP contribution in [0.15, 0.2) is 28.9 Å². The molecule has 0 unspecified atom stereocenters. The predicted octanol–water partition coefficient (Wildman–Crippen LogP) is 1.94. The van der Waals surface area contributed by atoms with E-state index in [0.717, 1.165) is 22.7 Å². The number of aromatic nitrogens is 2. The molecule has 0 aromatic carbocycles. The molecule has 0 aliphatic carbocycles. The molecule has 5 nitrogen and oxygen atoms in total. The maximum atomic E-state index is 11.7. The Morgan fingerprint density at radius 3 is 2.84 bits per heavy atom. The molecule has 0 aliphatic rings. The fourth-order valence-corrected chi connectivity index (χ4v) is 1.88. The molecule has 1 N–H and O–H groups in total.